The molecule has 1 N–H and O–H groups in total. The number of methoxy groups -OCH3 is 1. The van der Waals surface area contributed by atoms with Crippen molar-refractivity contribution >= 4 is 22.6 Å². The number of carbonyl (C=O) groups excluding carboxylic acids is 1. The summed E-state index contributed by atoms with van der Waals surface area (Å²) < 4.78 is 5.12. The molecule has 0 spiro atoms. The Morgan fingerprint density at radius 1 is 1.22 bits per heavy atom. The van der Waals surface area contributed by atoms with Crippen LogP contribution in [0.5, 0.6) is 5.75 Å². The Morgan fingerprint density at radius 3 is 2.65 bits per heavy atom. The molecular formula is C16H13N5O2. The molecular weight excluding hydrogens is 294 g/mol. The number of nitrogens with one attached hydrogen (secondary N) is 1. The van der Waals surface area contributed by atoms with Crippen LogP contribution in [0.1, 0.15) is 6.42 Å². The van der Waals surface area contributed by atoms with Crippen molar-refractivity contribution in [3.05, 3.63) is 42.5 Å². The summed E-state index contributed by atoms with van der Waals surface area (Å²) in [5, 5.41) is 19.9. The van der Waals surface area contributed by atoms with Crippen LogP contribution < -0.4 is 10.1 Å². The Hall–Kier alpha value is -3.40. The number of ether oxygens (including phenoxy) is 1. The highest BCUT2D eigenvalue weighted by Gasteiger charge is 2.07. The molecule has 0 aliphatic rings. The Labute approximate surface area is 132 Å². The number of carbonyl (C=O) groups is 1. The van der Waals surface area contributed by atoms with Gasteiger partial charge < -0.3 is 10.1 Å². The predicted octanol–water partition coefficient (Wildman–Crippen LogP) is 2.28. The molecule has 1 heterocycles. The zero-order valence-electron chi connectivity index (χ0n) is 12.4. The van der Waals surface area contributed by atoms with E-state index in [-0.39, 0.29) is 12.3 Å². The Kier molecular flexibility index (Phi) is 3.89. The van der Waals surface area contributed by atoms with Crippen molar-refractivity contribution in [2.45, 2.75) is 6.42 Å². The normalized spacial score (nSPS) is 10.3. The highest BCUT2D eigenvalue weighted by Crippen LogP contribution is 2.19. The molecule has 114 valence electrons. The van der Waals surface area contributed by atoms with Gasteiger partial charge in [0, 0.05) is 5.69 Å². The third kappa shape index (κ3) is 3.11. The fraction of sp³-hybridized carbons (Fsp3) is 0.125. The van der Waals surface area contributed by atoms with Crippen molar-refractivity contribution < 1.29 is 9.53 Å². The molecule has 0 bridgehead atoms. The van der Waals surface area contributed by atoms with Gasteiger partial charge in [-0.05, 0) is 42.5 Å². The van der Waals surface area contributed by atoms with Crippen molar-refractivity contribution in [2.24, 2.45) is 0 Å². The lowest BCUT2D eigenvalue weighted by Crippen LogP contribution is -2.09. The molecule has 0 atom stereocenters. The van der Waals surface area contributed by atoms with E-state index in [9.17, 15) is 4.79 Å². The van der Waals surface area contributed by atoms with Crippen molar-refractivity contribution in [3.63, 3.8) is 0 Å². The van der Waals surface area contributed by atoms with Gasteiger partial charge in [-0.3, -0.25) is 4.79 Å². The third-order valence-electron chi connectivity index (χ3n) is 3.21. The molecule has 0 unspecified atom stereocenters. The molecule has 7 heteroatoms. The van der Waals surface area contributed by atoms with E-state index in [1.807, 2.05) is 24.3 Å². The van der Waals surface area contributed by atoms with Crippen LogP contribution in [0.25, 0.3) is 16.7 Å². The van der Waals surface area contributed by atoms with E-state index in [2.05, 4.69) is 15.5 Å². The van der Waals surface area contributed by atoms with E-state index in [0.717, 1.165) is 11.4 Å². The molecule has 0 aliphatic carbocycles. The second kappa shape index (κ2) is 6.15. The SMILES string of the molecule is COc1ccc(-n2nc3ccc(NC(=O)CC#N)cc3n2)cc1. The van der Waals surface area contributed by atoms with E-state index in [1.165, 1.54) is 4.80 Å². The lowest BCUT2D eigenvalue weighted by molar-refractivity contribution is -0.115. The third-order valence-corrected chi connectivity index (χ3v) is 3.21. The summed E-state index contributed by atoms with van der Waals surface area (Å²) in [6, 6.07) is 14.4. The van der Waals surface area contributed by atoms with E-state index < -0.39 is 0 Å². The maximum Gasteiger partial charge on any atom is 0.238 e. The summed E-state index contributed by atoms with van der Waals surface area (Å²) in [6.45, 7) is 0. The summed E-state index contributed by atoms with van der Waals surface area (Å²) in [6.07, 6.45) is -0.184. The van der Waals surface area contributed by atoms with Crippen LogP contribution in [-0.4, -0.2) is 28.0 Å². The second-order valence-electron chi connectivity index (χ2n) is 4.77. The Morgan fingerprint density at radius 2 is 1.96 bits per heavy atom. The number of amides is 1. The minimum Gasteiger partial charge on any atom is -0.497 e. The smallest absolute Gasteiger partial charge is 0.238 e. The number of nitriles is 1. The van der Waals surface area contributed by atoms with Crippen LogP contribution in [0.2, 0.25) is 0 Å². The highest BCUT2D eigenvalue weighted by atomic mass is 16.5. The lowest BCUT2D eigenvalue weighted by atomic mass is 10.2. The number of fused-ring (bicyclic) bond motifs is 1. The Balaban J connectivity index is 1.89. The maximum absolute atomic E-state index is 11.4. The van der Waals surface area contributed by atoms with Gasteiger partial charge in [0.25, 0.3) is 0 Å². The van der Waals surface area contributed by atoms with Gasteiger partial charge in [-0.25, -0.2) is 0 Å². The molecule has 23 heavy (non-hydrogen) atoms. The van der Waals surface area contributed by atoms with Crippen molar-refractivity contribution in [3.8, 4) is 17.5 Å². The summed E-state index contributed by atoms with van der Waals surface area (Å²) in [5.74, 6) is 0.405. The quantitative estimate of drug-likeness (QED) is 0.798. The fourth-order valence-corrected chi connectivity index (χ4v) is 2.10. The van der Waals surface area contributed by atoms with Gasteiger partial charge >= 0.3 is 0 Å². The van der Waals surface area contributed by atoms with E-state index in [0.29, 0.717) is 16.7 Å². The zero-order chi connectivity index (χ0) is 16.2. The summed E-state index contributed by atoms with van der Waals surface area (Å²) in [5.41, 5.74) is 2.74. The van der Waals surface area contributed by atoms with Crippen molar-refractivity contribution in [2.75, 3.05) is 12.4 Å². The molecule has 3 rings (SSSR count). The molecule has 2 aromatic carbocycles. The first-order valence-electron chi connectivity index (χ1n) is 6.88. The highest BCUT2D eigenvalue weighted by molar-refractivity contribution is 5.93. The summed E-state index contributed by atoms with van der Waals surface area (Å²) in [7, 11) is 1.61. The maximum atomic E-state index is 11.4. The summed E-state index contributed by atoms with van der Waals surface area (Å²) >= 11 is 0. The fourth-order valence-electron chi connectivity index (χ4n) is 2.10. The van der Waals surface area contributed by atoms with Gasteiger partial charge in [-0.2, -0.15) is 10.1 Å². The first kappa shape index (κ1) is 14.5. The van der Waals surface area contributed by atoms with Gasteiger partial charge in [0.15, 0.2) is 0 Å². The van der Waals surface area contributed by atoms with Gasteiger partial charge in [-0.15, -0.1) is 10.2 Å². The number of benzene rings is 2. The number of aromatic nitrogens is 3. The van der Waals surface area contributed by atoms with Crippen molar-refractivity contribution in [1.82, 2.24) is 15.0 Å². The topological polar surface area (TPSA) is 92.8 Å². The summed E-state index contributed by atoms with van der Waals surface area (Å²) in [4.78, 5) is 13.0. The zero-order valence-corrected chi connectivity index (χ0v) is 12.4. The molecule has 7 nitrogen and oxygen atoms in total. The number of anilines is 1. The minimum atomic E-state index is -0.352. The number of hydrogen-bond donors (Lipinski definition) is 1. The van der Waals surface area contributed by atoms with Crippen LogP contribution in [0, 0.1) is 11.3 Å². The van der Waals surface area contributed by atoms with E-state index in [4.69, 9.17) is 10.00 Å². The monoisotopic (exact) mass is 307 g/mol. The molecule has 0 fully saturated rings. The Bertz CT molecular complexity index is 893. The number of nitrogens with zero attached hydrogens (tertiary/aromatic N) is 4. The van der Waals surface area contributed by atoms with Crippen LogP contribution >= 0.6 is 0 Å². The number of rotatable bonds is 4. The van der Waals surface area contributed by atoms with Gasteiger partial charge in [-0.1, -0.05) is 0 Å². The predicted molar refractivity (Wildman–Crippen MR) is 84.3 cm³/mol. The van der Waals surface area contributed by atoms with Gasteiger partial charge in [0.2, 0.25) is 5.91 Å². The first-order valence-corrected chi connectivity index (χ1v) is 6.88. The van der Waals surface area contributed by atoms with Gasteiger partial charge in [0.05, 0.1) is 18.9 Å². The molecule has 0 saturated carbocycles. The molecule has 1 aromatic heterocycles. The van der Waals surface area contributed by atoms with Crippen LogP contribution in [0.4, 0.5) is 5.69 Å². The molecule has 0 radical (unpaired) electrons. The number of hydrogen-bond acceptors (Lipinski definition) is 5. The van der Waals surface area contributed by atoms with E-state index in [1.54, 1.807) is 31.4 Å². The van der Waals surface area contributed by atoms with Crippen LogP contribution in [0.15, 0.2) is 42.5 Å². The molecule has 0 saturated heterocycles. The largest absolute Gasteiger partial charge is 0.497 e. The minimum absolute atomic E-state index is 0.184. The first-order chi connectivity index (χ1) is 11.2. The molecule has 3 aromatic rings. The van der Waals surface area contributed by atoms with Crippen LogP contribution in [0.3, 0.4) is 0 Å². The molecule has 0 aliphatic heterocycles. The van der Waals surface area contributed by atoms with E-state index >= 15 is 0 Å². The molecule has 1 amide bonds. The average molecular weight is 307 g/mol. The van der Waals surface area contributed by atoms with Crippen LogP contribution in [-0.2, 0) is 4.79 Å². The second-order valence-corrected chi connectivity index (χ2v) is 4.77. The standard InChI is InChI=1S/C16H13N5O2/c1-23-13-5-3-12(4-6-13)21-19-14-7-2-11(10-15(14)20-21)18-16(22)8-9-17/h2-7,10H,8H2,1H3,(H,18,22). The average Bonchev–Trinajstić information content (AvgIpc) is 2.98. The van der Waals surface area contributed by atoms with Gasteiger partial charge in [0.1, 0.15) is 23.2 Å². The van der Waals surface area contributed by atoms with Crippen molar-refractivity contribution in [1.29, 1.82) is 5.26 Å². The lowest BCUT2D eigenvalue weighted by Gasteiger charge is -2.01.